The van der Waals surface area contributed by atoms with Crippen LogP contribution in [0.25, 0.3) is 11.4 Å². The predicted molar refractivity (Wildman–Crippen MR) is 104 cm³/mol. The molecule has 4 rings (SSSR count). The Morgan fingerprint density at radius 3 is 2.68 bits per heavy atom. The van der Waals surface area contributed by atoms with Crippen molar-refractivity contribution in [1.82, 2.24) is 10.1 Å². The summed E-state index contributed by atoms with van der Waals surface area (Å²) in [5, 5.41) is 4.60. The van der Waals surface area contributed by atoms with E-state index in [1.54, 1.807) is 37.3 Å². The molecule has 28 heavy (non-hydrogen) atoms. The van der Waals surface area contributed by atoms with Crippen LogP contribution in [0.2, 0.25) is 5.02 Å². The normalized spacial score (nSPS) is 16.5. The number of rotatable bonds is 5. The summed E-state index contributed by atoms with van der Waals surface area (Å²) in [6.07, 6.45) is 0.290. The van der Waals surface area contributed by atoms with Gasteiger partial charge in [-0.2, -0.15) is 4.98 Å². The van der Waals surface area contributed by atoms with E-state index < -0.39 is 0 Å². The van der Waals surface area contributed by atoms with E-state index in [1.165, 1.54) is 0 Å². The topological polar surface area (TPSA) is 77.7 Å². The molecule has 7 nitrogen and oxygen atoms in total. The lowest BCUT2D eigenvalue weighted by Crippen LogP contribution is -2.24. The molecule has 1 atom stereocenters. The Morgan fingerprint density at radius 1 is 1.14 bits per heavy atom. The van der Waals surface area contributed by atoms with Crippen molar-refractivity contribution in [2.45, 2.75) is 12.3 Å². The number of carbonyl (C=O) groups excluding carboxylic acids is 1. The van der Waals surface area contributed by atoms with Gasteiger partial charge in [-0.1, -0.05) is 28.9 Å². The van der Waals surface area contributed by atoms with Gasteiger partial charge in [-0.25, -0.2) is 0 Å². The van der Waals surface area contributed by atoms with Crippen LogP contribution in [0, 0.1) is 0 Å². The van der Waals surface area contributed by atoms with E-state index in [0.717, 1.165) is 5.56 Å². The van der Waals surface area contributed by atoms with Gasteiger partial charge >= 0.3 is 0 Å². The maximum atomic E-state index is 12.5. The second-order valence-corrected chi connectivity index (χ2v) is 6.79. The van der Waals surface area contributed by atoms with Gasteiger partial charge in [0.1, 0.15) is 0 Å². The van der Waals surface area contributed by atoms with Gasteiger partial charge in [-0.3, -0.25) is 4.79 Å². The number of hydrogen-bond acceptors (Lipinski definition) is 6. The van der Waals surface area contributed by atoms with Crippen molar-refractivity contribution >= 4 is 23.2 Å². The maximum Gasteiger partial charge on any atom is 0.232 e. The fraction of sp³-hybridized carbons (Fsp3) is 0.250. The van der Waals surface area contributed by atoms with Crippen LogP contribution in [0.3, 0.4) is 0 Å². The van der Waals surface area contributed by atoms with Crippen LogP contribution < -0.4 is 14.4 Å². The summed E-state index contributed by atoms with van der Waals surface area (Å²) >= 11 is 6.23. The van der Waals surface area contributed by atoms with Crippen molar-refractivity contribution in [2.24, 2.45) is 0 Å². The number of amides is 1. The van der Waals surface area contributed by atoms with Gasteiger partial charge in [0.15, 0.2) is 11.5 Å². The first-order valence-corrected chi connectivity index (χ1v) is 9.09. The predicted octanol–water partition coefficient (Wildman–Crippen LogP) is 3.93. The third kappa shape index (κ3) is 3.29. The number of methoxy groups -OCH3 is 2. The van der Waals surface area contributed by atoms with Gasteiger partial charge in [0.2, 0.25) is 17.6 Å². The first kappa shape index (κ1) is 18.3. The van der Waals surface area contributed by atoms with Crippen LogP contribution in [0.5, 0.6) is 11.5 Å². The van der Waals surface area contributed by atoms with Crippen molar-refractivity contribution in [1.29, 1.82) is 0 Å². The summed E-state index contributed by atoms with van der Waals surface area (Å²) < 4.78 is 16.0. The molecular weight excluding hydrogens is 382 g/mol. The van der Waals surface area contributed by atoms with E-state index in [2.05, 4.69) is 10.1 Å². The van der Waals surface area contributed by atoms with Gasteiger partial charge in [0, 0.05) is 18.5 Å². The zero-order valence-corrected chi connectivity index (χ0v) is 16.1. The van der Waals surface area contributed by atoms with E-state index in [9.17, 15) is 4.79 Å². The third-order valence-corrected chi connectivity index (χ3v) is 5.02. The Labute approximate surface area is 166 Å². The smallest absolute Gasteiger partial charge is 0.232 e. The summed E-state index contributed by atoms with van der Waals surface area (Å²) in [6.45, 7) is 0.441. The SMILES string of the molecule is COc1ccc(-c2noc(C3CC(=O)N(c4ccccc4Cl)C3)n2)cc1OC. The Balaban J connectivity index is 1.57. The monoisotopic (exact) mass is 399 g/mol. The first-order chi connectivity index (χ1) is 13.6. The number of hydrogen-bond donors (Lipinski definition) is 0. The van der Waals surface area contributed by atoms with Crippen LogP contribution in [-0.2, 0) is 4.79 Å². The van der Waals surface area contributed by atoms with E-state index in [4.69, 9.17) is 25.6 Å². The van der Waals surface area contributed by atoms with Crippen LogP contribution in [0.1, 0.15) is 18.2 Å². The molecule has 144 valence electrons. The molecule has 2 heterocycles. The highest BCUT2D eigenvalue weighted by atomic mass is 35.5. The third-order valence-electron chi connectivity index (χ3n) is 4.70. The number of nitrogens with zero attached hydrogens (tertiary/aromatic N) is 3. The van der Waals surface area contributed by atoms with Crippen molar-refractivity contribution in [3.63, 3.8) is 0 Å². The van der Waals surface area contributed by atoms with E-state index >= 15 is 0 Å². The van der Waals surface area contributed by atoms with Gasteiger partial charge in [0.25, 0.3) is 0 Å². The van der Waals surface area contributed by atoms with Crippen LogP contribution >= 0.6 is 11.6 Å². The molecule has 1 aliphatic rings. The van der Waals surface area contributed by atoms with Crippen molar-refractivity contribution in [2.75, 3.05) is 25.7 Å². The number of carbonyl (C=O) groups is 1. The lowest BCUT2D eigenvalue weighted by atomic mass is 10.1. The zero-order chi connectivity index (χ0) is 19.7. The highest BCUT2D eigenvalue weighted by Crippen LogP contribution is 2.36. The molecule has 1 fully saturated rings. The molecule has 0 aliphatic carbocycles. The Kier molecular flexibility index (Phi) is 4.92. The lowest BCUT2D eigenvalue weighted by molar-refractivity contribution is -0.117. The minimum Gasteiger partial charge on any atom is -0.493 e. The van der Waals surface area contributed by atoms with Crippen molar-refractivity contribution in [3.8, 4) is 22.9 Å². The van der Waals surface area contributed by atoms with Gasteiger partial charge in [-0.05, 0) is 30.3 Å². The number of anilines is 1. The fourth-order valence-electron chi connectivity index (χ4n) is 3.27. The molecule has 2 aromatic carbocycles. The average molecular weight is 400 g/mol. The average Bonchev–Trinajstić information content (AvgIpc) is 3.35. The molecular formula is C20H18ClN3O4. The molecule has 8 heteroatoms. The van der Waals surface area contributed by atoms with E-state index in [1.807, 2.05) is 24.3 Å². The standard InChI is InChI=1S/C20H18ClN3O4/c1-26-16-8-7-12(9-17(16)27-2)19-22-20(28-23-19)13-10-18(25)24(11-13)15-6-4-3-5-14(15)21/h3-9,13H,10-11H2,1-2H3. The van der Waals surface area contributed by atoms with Crippen LogP contribution in [0.4, 0.5) is 5.69 Å². The summed E-state index contributed by atoms with van der Waals surface area (Å²) in [5.41, 5.74) is 1.43. The Bertz CT molecular complexity index is 1020. The molecule has 0 N–H and O–H groups in total. The van der Waals surface area contributed by atoms with Gasteiger partial charge in [0.05, 0.1) is 30.8 Å². The van der Waals surface area contributed by atoms with Crippen molar-refractivity contribution in [3.05, 3.63) is 53.4 Å². The number of ether oxygens (including phenoxy) is 2. The molecule has 0 radical (unpaired) electrons. The number of halogens is 1. The molecule has 1 amide bonds. The molecule has 1 aliphatic heterocycles. The molecule has 1 saturated heterocycles. The molecule has 3 aromatic rings. The van der Waals surface area contributed by atoms with Gasteiger partial charge < -0.3 is 18.9 Å². The zero-order valence-electron chi connectivity index (χ0n) is 15.4. The highest BCUT2D eigenvalue weighted by Gasteiger charge is 2.36. The van der Waals surface area contributed by atoms with E-state index in [0.29, 0.717) is 46.9 Å². The quantitative estimate of drug-likeness (QED) is 0.647. The van der Waals surface area contributed by atoms with Crippen LogP contribution in [-0.4, -0.2) is 36.8 Å². The van der Waals surface area contributed by atoms with Crippen molar-refractivity contribution < 1.29 is 18.8 Å². The fourth-order valence-corrected chi connectivity index (χ4v) is 3.51. The second-order valence-electron chi connectivity index (χ2n) is 6.38. The largest absolute Gasteiger partial charge is 0.493 e. The number of aromatic nitrogens is 2. The number of benzene rings is 2. The molecule has 0 saturated carbocycles. The summed E-state index contributed by atoms with van der Waals surface area (Å²) in [5.74, 6) is 1.83. The Morgan fingerprint density at radius 2 is 1.93 bits per heavy atom. The molecule has 0 spiro atoms. The molecule has 0 bridgehead atoms. The highest BCUT2D eigenvalue weighted by molar-refractivity contribution is 6.33. The van der Waals surface area contributed by atoms with Gasteiger partial charge in [-0.15, -0.1) is 0 Å². The maximum absolute atomic E-state index is 12.5. The van der Waals surface area contributed by atoms with Crippen LogP contribution in [0.15, 0.2) is 47.0 Å². The second kappa shape index (κ2) is 7.52. The van der Waals surface area contributed by atoms with E-state index in [-0.39, 0.29) is 11.8 Å². The summed E-state index contributed by atoms with van der Waals surface area (Å²) in [6, 6.07) is 12.7. The minimum atomic E-state index is -0.190. The molecule has 1 aromatic heterocycles. The Hall–Kier alpha value is -3.06. The molecule has 1 unspecified atom stereocenters. The summed E-state index contributed by atoms with van der Waals surface area (Å²) in [7, 11) is 3.14. The summed E-state index contributed by atoms with van der Waals surface area (Å²) in [4.78, 5) is 18.6. The number of para-hydroxylation sites is 1. The minimum absolute atomic E-state index is 0.0241. The lowest BCUT2D eigenvalue weighted by Gasteiger charge is -2.17. The first-order valence-electron chi connectivity index (χ1n) is 8.71.